The highest BCUT2D eigenvalue weighted by Crippen LogP contribution is 2.23. The Kier molecular flexibility index (Phi) is 6.99. The molecule has 0 N–H and O–H groups in total. The monoisotopic (exact) mass is 284 g/mol. The molecule has 1 aliphatic heterocycles. The summed E-state index contributed by atoms with van der Waals surface area (Å²) in [5, 5.41) is 0. The maximum Gasteiger partial charge on any atom is 0.307 e. The van der Waals surface area contributed by atoms with Gasteiger partial charge in [-0.15, -0.1) is 0 Å². The van der Waals surface area contributed by atoms with E-state index in [2.05, 4.69) is 4.90 Å². The Balaban J connectivity index is 2.73. The molecule has 2 unspecified atom stereocenters. The highest BCUT2D eigenvalue weighted by Gasteiger charge is 2.33. The standard InChI is InChI=1S/C15H28N2O3/c1-5-16(6-2)15(19)12(3)17-10-8-7-9-13(17)11-14(18)20-4/h12-13H,5-11H2,1-4H3. The van der Waals surface area contributed by atoms with Crippen LogP contribution in [-0.2, 0) is 14.3 Å². The fraction of sp³-hybridized carbons (Fsp3) is 0.867. The van der Waals surface area contributed by atoms with E-state index < -0.39 is 0 Å². The van der Waals surface area contributed by atoms with Crippen LogP contribution in [0.5, 0.6) is 0 Å². The zero-order chi connectivity index (χ0) is 15.1. The van der Waals surface area contributed by atoms with Gasteiger partial charge in [-0.1, -0.05) is 6.42 Å². The van der Waals surface area contributed by atoms with E-state index in [1.807, 2.05) is 25.7 Å². The van der Waals surface area contributed by atoms with Crippen molar-refractivity contribution in [1.82, 2.24) is 9.80 Å². The number of nitrogens with zero attached hydrogens (tertiary/aromatic N) is 2. The van der Waals surface area contributed by atoms with Crippen molar-refractivity contribution in [3.8, 4) is 0 Å². The quantitative estimate of drug-likeness (QED) is 0.696. The molecule has 1 amide bonds. The fourth-order valence-electron chi connectivity index (χ4n) is 2.97. The van der Waals surface area contributed by atoms with Gasteiger partial charge in [-0.05, 0) is 40.2 Å². The summed E-state index contributed by atoms with van der Waals surface area (Å²) >= 11 is 0. The van der Waals surface area contributed by atoms with Crippen LogP contribution in [0.3, 0.4) is 0 Å². The lowest BCUT2D eigenvalue weighted by Gasteiger charge is -2.40. The van der Waals surface area contributed by atoms with Crippen molar-refractivity contribution in [3.63, 3.8) is 0 Å². The highest BCUT2D eigenvalue weighted by molar-refractivity contribution is 5.81. The van der Waals surface area contributed by atoms with Crippen molar-refractivity contribution in [1.29, 1.82) is 0 Å². The van der Waals surface area contributed by atoms with Crippen LogP contribution in [-0.4, -0.2) is 60.5 Å². The Morgan fingerprint density at radius 1 is 1.30 bits per heavy atom. The van der Waals surface area contributed by atoms with Gasteiger partial charge in [0.15, 0.2) is 0 Å². The zero-order valence-electron chi connectivity index (χ0n) is 13.2. The van der Waals surface area contributed by atoms with Crippen LogP contribution in [0.2, 0.25) is 0 Å². The molecule has 2 atom stereocenters. The largest absolute Gasteiger partial charge is 0.469 e. The third-order valence-electron chi connectivity index (χ3n) is 4.23. The predicted molar refractivity (Wildman–Crippen MR) is 78.4 cm³/mol. The lowest BCUT2D eigenvalue weighted by molar-refractivity contribution is -0.145. The summed E-state index contributed by atoms with van der Waals surface area (Å²) in [7, 11) is 1.42. The molecule has 1 fully saturated rings. The fourth-order valence-corrected chi connectivity index (χ4v) is 2.97. The first-order valence-corrected chi connectivity index (χ1v) is 7.66. The molecule has 0 aromatic rings. The van der Waals surface area contributed by atoms with Crippen LogP contribution >= 0.6 is 0 Å². The number of amides is 1. The van der Waals surface area contributed by atoms with E-state index in [1.165, 1.54) is 7.11 Å². The minimum Gasteiger partial charge on any atom is -0.469 e. The Morgan fingerprint density at radius 3 is 2.50 bits per heavy atom. The third-order valence-corrected chi connectivity index (χ3v) is 4.23. The van der Waals surface area contributed by atoms with Gasteiger partial charge in [0.1, 0.15) is 0 Å². The molecule has 0 spiro atoms. The van der Waals surface area contributed by atoms with E-state index in [0.717, 1.165) is 38.9 Å². The minimum absolute atomic E-state index is 0.130. The molecular weight excluding hydrogens is 256 g/mol. The van der Waals surface area contributed by atoms with Gasteiger partial charge in [0.05, 0.1) is 19.6 Å². The molecular formula is C15H28N2O3. The number of rotatable bonds is 6. The van der Waals surface area contributed by atoms with Crippen LogP contribution in [0.25, 0.3) is 0 Å². The van der Waals surface area contributed by atoms with Crippen LogP contribution in [0, 0.1) is 0 Å². The number of piperidine rings is 1. The first-order valence-electron chi connectivity index (χ1n) is 7.66. The molecule has 0 aromatic carbocycles. The number of hydrogen-bond acceptors (Lipinski definition) is 4. The van der Waals surface area contributed by atoms with E-state index >= 15 is 0 Å². The number of likely N-dealkylation sites (N-methyl/N-ethyl adjacent to an activating group) is 1. The first kappa shape index (κ1) is 17.0. The predicted octanol–water partition coefficient (Wildman–Crippen LogP) is 1.66. The second kappa shape index (κ2) is 8.25. The lowest BCUT2D eigenvalue weighted by Crippen LogP contribution is -2.53. The molecule has 5 heteroatoms. The van der Waals surface area contributed by atoms with Gasteiger partial charge in [-0.2, -0.15) is 0 Å². The SMILES string of the molecule is CCN(CC)C(=O)C(C)N1CCCCC1CC(=O)OC. The second-order valence-electron chi connectivity index (χ2n) is 5.35. The number of ether oxygens (including phenoxy) is 1. The van der Waals surface area contributed by atoms with Crippen molar-refractivity contribution in [2.45, 2.75) is 58.5 Å². The molecule has 1 heterocycles. The maximum atomic E-state index is 12.5. The topological polar surface area (TPSA) is 49.9 Å². The van der Waals surface area contributed by atoms with Crippen LogP contribution in [0.4, 0.5) is 0 Å². The molecule has 5 nitrogen and oxygen atoms in total. The summed E-state index contributed by atoms with van der Waals surface area (Å²) in [4.78, 5) is 28.0. The number of esters is 1. The summed E-state index contributed by atoms with van der Waals surface area (Å²) in [6.07, 6.45) is 3.55. The van der Waals surface area contributed by atoms with Gasteiger partial charge >= 0.3 is 5.97 Å². The van der Waals surface area contributed by atoms with Gasteiger partial charge in [-0.3, -0.25) is 14.5 Å². The molecule has 116 valence electrons. The van der Waals surface area contributed by atoms with Gasteiger partial charge < -0.3 is 9.64 Å². The van der Waals surface area contributed by atoms with Crippen LogP contribution < -0.4 is 0 Å². The molecule has 20 heavy (non-hydrogen) atoms. The Bertz CT molecular complexity index is 329. The average molecular weight is 284 g/mol. The summed E-state index contributed by atoms with van der Waals surface area (Å²) < 4.78 is 4.77. The number of likely N-dealkylation sites (tertiary alicyclic amines) is 1. The molecule has 1 aliphatic rings. The summed E-state index contributed by atoms with van der Waals surface area (Å²) in [6, 6.07) is -0.0319. The van der Waals surface area contributed by atoms with Gasteiger partial charge in [0, 0.05) is 19.1 Å². The van der Waals surface area contributed by atoms with E-state index in [9.17, 15) is 9.59 Å². The molecule has 0 aliphatic carbocycles. The third kappa shape index (κ3) is 4.20. The van der Waals surface area contributed by atoms with Crippen molar-refractivity contribution < 1.29 is 14.3 Å². The first-order chi connectivity index (χ1) is 9.54. The molecule has 1 saturated heterocycles. The van der Waals surface area contributed by atoms with Gasteiger partial charge in [-0.25, -0.2) is 0 Å². The molecule has 0 bridgehead atoms. The van der Waals surface area contributed by atoms with Crippen LogP contribution in [0.15, 0.2) is 0 Å². The number of methoxy groups -OCH3 is 1. The number of hydrogen-bond donors (Lipinski definition) is 0. The van der Waals surface area contributed by atoms with Gasteiger partial charge in [0.2, 0.25) is 5.91 Å². The zero-order valence-corrected chi connectivity index (χ0v) is 13.2. The van der Waals surface area contributed by atoms with E-state index in [1.54, 1.807) is 0 Å². The van der Waals surface area contributed by atoms with Crippen molar-refractivity contribution in [2.75, 3.05) is 26.7 Å². The molecule has 0 saturated carbocycles. The Hall–Kier alpha value is -1.10. The van der Waals surface area contributed by atoms with Crippen molar-refractivity contribution in [3.05, 3.63) is 0 Å². The minimum atomic E-state index is -0.190. The van der Waals surface area contributed by atoms with Crippen molar-refractivity contribution >= 4 is 11.9 Å². The van der Waals surface area contributed by atoms with E-state index in [4.69, 9.17) is 4.74 Å². The van der Waals surface area contributed by atoms with Crippen LogP contribution in [0.1, 0.15) is 46.5 Å². The normalized spacial score (nSPS) is 21.3. The number of carbonyl (C=O) groups excluding carboxylic acids is 2. The molecule has 0 aromatic heterocycles. The molecule has 0 radical (unpaired) electrons. The summed E-state index contributed by atoms with van der Waals surface area (Å²) in [5.74, 6) is -0.0313. The highest BCUT2D eigenvalue weighted by atomic mass is 16.5. The average Bonchev–Trinajstić information content (AvgIpc) is 2.48. The van der Waals surface area contributed by atoms with E-state index in [-0.39, 0.29) is 24.0 Å². The van der Waals surface area contributed by atoms with Gasteiger partial charge in [0.25, 0.3) is 0 Å². The summed E-state index contributed by atoms with van der Waals surface area (Å²) in [5.41, 5.74) is 0. The molecule has 1 rings (SSSR count). The lowest BCUT2D eigenvalue weighted by atomic mass is 9.97. The maximum absolute atomic E-state index is 12.5. The van der Waals surface area contributed by atoms with Crippen molar-refractivity contribution in [2.24, 2.45) is 0 Å². The summed E-state index contributed by atoms with van der Waals surface area (Å²) in [6.45, 7) is 8.29. The second-order valence-corrected chi connectivity index (χ2v) is 5.35. The Morgan fingerprint density at radius 2 is 1.95 bits per heavy atom. The smallest absolute Gasteiger partial charge is 0.307 e. The number of carbonyl (C=O) groups is 2. The Labute approximate surface area is 122 Å². The van der Waals surface area contributed by atoms with E-state index in [0.29, 0.717) is 6.42 Å².